The molecule has 172 valence electrons. The highest BCUT2D eigenvalue weighted by Crippen LogP contribution is 2.18. The number of amides is 2. The molecule has 8 nitrogen and oxygen atoms in total. The Kier molecular flexibility index (Phi) is 9.22. The maximum Gasteiger partial charge on any atom is 0.407 e. The van der Waals surface area contributed by atoms with Gasteiger partial charge in [0.15, 0.2) is 0 Å². The van der Waals surface area contributed by atoms with Gasteiger partial charge in [-0.05, 0) is 29.9 Å². The summed E-state index contributed by atoms with van der Waals surface area (Å²) in [7, 11) is 0. The second kappa shape index (κ2) is 11.9. The van der Waals surface area contributed by atoms with Crippen LogP contribution in [-0.4, -0.2) is 39.9 Å². The van der Waals surface area contributed by atoms with Crippen LogP contribution in [0.5, 0.6) is 0 Å². The third kappa shape index (κ3) is 7.39. The van der Waals surface area contributed by atoms with E-state index in [2.05, 4.69) is 10.6 Å². The average molecular weight is 443 g/mol. The third-order valence-corrected chi connectivity index (χ3v) is 4.97. The zero-order valence-electron chi connectivity index (χ0n) is 18.3. The van der Waals surface area contributed by atoms with Crippen molar-refractivity contribution >= 4 is 18.0 Å². The Morgan fingerprint density at radius 1 is 0.969 bits per heavy atom. The van der Waals surface area contributed by atoms with E-state index in [0.29, 0.717) is 12.8 Å². The van der Waals surface area contributed by atoms with Crippen LogP contribution in [0.2, 0.25) is 0 Å². The van der Waals surface area contributed by atoms with Crippen molar-refractivity contribution in [3.05, 3.63) is 71.8 Å². The summed E-state index contributed by atoms with van der Waals surface area (Å²) in [5, 5.41) is 25.1. The molecule has 0 unspecified atom stereocenters. The predicted molar refractivity (Wildman–Crippen MR) is 118 cm³/mol. The van der Waals surface area contributed by atoms with Crippen LogP contribution in [0.1, 0.15) is 37.8 Å². The molecule has 0 radical (unpaired) electrons. The molecule has 0 bridgehead atoms. The van der Waals surface area contributed by atoms with Gasteiger partial charge in [-0.3, -0.25) is 4.79 Å². The fourth-order valence-corrected chi connectivity index (χ4v) is 3.28. The fourth-order valence-electron chi connectivity index (χ4n) is 3.28. The van der Waals surface area contributed by atoms with Crippen LogP contribution in [0.15, 0.2) is 60.7 Å². The first-order valence-electron chi connectivity index (χ1n) is 10.5. The molecule has 2 atom stereocenters. The first-order valence-corrected chi connectivity index (χ1v) is 10.5. The van der Waals surface area contributed by atoms with Gasteiger partial charge in [-0.25, -0.2) is 9.59 Å². The zero-order chi connectivity index (χ0) is 23.6. The van der Waals surface area contributed by atoms with Crippen molar-refractivity contribution in [2.75, 3.05) is 0 Å². The Bertz CT molecular complexity index is 888. The van der Waals surface area contributed by atoms with Gasteiger partial charge in [0.05, 0.1) is 6.04 Å². The fraction of sp³-hybridized carbons (Fsp3) is 0.375. The number of aliphatic carboxylic acids is 1. The molecule has 2 aromatic rings. The summed E-state index contributed by atoms with van der Waals surface area (Å²) >= 11 is 0. The van der Waals surface area contributed by atoms with E-state index >= 15 is 0 Å². The van der Waals surface area contributed by atoms with Crippen molar-refractivity contribution in [1.29, 1.82) is 0 Å². The molecule has 32 heavy (non-hydrogen) atoms. The van der Waals surface area contributed by atoms with Gasteiger partial charge in [0.25, 0.3) is 5.72 Å². The van der Waals surface area contributed by atoms with Crippen molar-refractivity contribution in [3.8, 4) is 0 Å². The van der Waals surface area contributed by atoms with Crippen molar-refractivity contribution in [2.24, 2.45) is 5.92 Å². The van der Waals surface area contributed by atoms with Crippen LogP contribution in [0.25, 0.3) is 0 Å². The number of aliphatic hydroxyl groups is 1. The molecule has 0 heterocycles. The summed E-state index contributed by atoms with van der Waals surface area (Å²) in [5.74, 6) is -2.82. The number of alkyl carbamates (subject to hydrolysis) is 1. The largest absolute Gasteiger partial charge is 0.478 e. The number of carboxylic acids is 1. The number of nitrogens with one attached hydrogen (secondary N) is 2. The normalized spacial score (nSPS) is 13.6. The molecule has 0 spiro atoms. The summed E-state index contributed by atoms with van der Waals surface area (Å²) < 4.78 is 5.14. The van der Waals surface area contributed by atoms with E-state index in [-0.39, 0.29) is 13.0 Å². The Morgan fingerprint density at radius 2 is 1.53 bits per heavy atom. The van der Waals surface area contributed by atoms with Crippen LogP contribution in [0, 0.1) is 5.92 Å². The number of ether oxygens (including phenoxy) is 1. The number of benzene rings is 2. The predicted octanol–water partition coefficient (Wildman–Crippen LogP) is 2.85. The van der Waals surface area contributed by atoms with E-state index in [0.717, 1.165) is 11.1 Å². The maximum absolute atomic E-state index is 12.4. The van der Waals surface area contributed by atoms with Crippen LogP contribution in [0.4, 0.5) is 4.79 Å². The molecule has 0 saturated carbocycles. The van der Waals surface area contributed by atoms with Gasteiger partial charge in [-0.1, -0.05) is 74.5 Å². The number of carboxylic acid groups (broad SMARTS) is 1. The lowest BCUT2D eigenvalue weighted by Gasteiger charge is -2.35. The first kappa shape index (κ1) is 24.9. The van der Waals surface area contributed by atoms with E-state index in [1.807, 2.05) is 36.4 Å². The quantitative estimate of drug-likeness (QED) is 0.397. The Labute approximate surface area is 187 Å². The number of rotatable bonds is 11. The Morgan fingerprint density at radius 3 is 2.06 bits per heavy atom. The second-order valence-corrected chi connectivity index (χ2v) is 7.89. The van der Waals surface area contributed by atoms with Crippen molar-refractivity contribution < 1.29 is 29.3 Å². The minimum Gasteiger partial charge on any atom is -0.478 e. The van der Waals surface area contributed by atoms with Crippen LogP contribution in [-0.2, 0) is 27.4 Å². The van der Waals surface area contributed by atoms with Gasteiger partial charge in [0.2, 0.25) is 5.91 Å². The van der Waals surface area contributed by atoms with Gasteiger partial charge >= 0.3 is 12.1 Å². The van der Waals surface area contributed by atoms with Gasteiger partial charge in [-0.15, -0.1) is 0 Å². The molecule has 0 aliphatic heterocycles. The molecular formula is C24H30N2O6. The van der Waals surface area contributed by atoms with Crippen LogP contribution in [0.3, 0.4) is 0 Å². The average Bonchev–Trinajstić information content (AvgIpc) is 2.77. The van der Waals surface area contributed by atoms with Gasteiger partial charge in [0.1, 0.15) is 6.61 Å². The highest BCUT2D eigenvalue weighted by Gasteiger charge is 2.48. The minimum atomic E-state index is -2.69. The highest BCUT2D eigenvalue weighted by molar-refractivity contribution is 5.87. The van der Waals surface area contributed by atoms with E-state index in [9.17, 15) is 24.6 Å². The molecule has 8 heteroatoms. The number of hydrogen-bond donors (Lipinski definition) is 4. The summed E-state index contributed by atoms with van der Waals surface area (Å²) in [6.45, 7) is 3.23. The maximum atomic E-state index is 12.4. The molecule has 2 amide bonds. The molecule has 0 aromatic heterocycles. The van der Waals surface area contributed by atoms with Gasteiger partial charge in [0, 0.05) is 6.42 Å². The molecular weight excluding hydrogens is 412 g/mol. The lowest BCUT2D eigenvalue weighted by Crippen LogP contribution is -2.68. The smallest absolute Gasteiger partial charge is 0.407 e. The molecule has 2 aromatic carbocycles. The van der Waals surface area contributed by atoms with E-state index in [1.165, 1.54) is 0 Å². The van der Waals surface area contributed by atoms with Crippen molar-refractivity contribution in [2.45, 2.75) is 51.5 Å². The molecule has 0 saturated heterocycles. The zero-order valence-corrected chi connectivity index (χ0v) is 18.3. The monoisotopic (exact) mass is 442 g/mol. The van der Waals surface area contributed by atoms with Crippen molar-refractivity contribution in [1.82, 2.24) is 10.6 Å². The van der Waals surface area contributed by atoms with Gasteiger partial charge in [-0.2, -0.15) is 0 Å². The number of aryl methyl sites for hydroxylation is 1. The number of hydrogen-bond acceptors (Lipinski definition) is 5. The van der Waals surface area contributed by atoms with E-state index < -0.39 is 35.7 Å². The summed E-state index contributed by atoms with van der Waals surface area (Å²) in [6, 6.07) is 17.2. The van der Waals surface area contributed by atoms with E-state index in [1.54, 1.807) is 38.1 Å². The van der Waals surface area contributed by atoms with Crippen molar-refractivity contribution in [3.63, 3.8) is 0 Å². The SMILES string of the molecule is CC(C)[C@@H](NC(=O)OCc1ccccc1)[C@@](O)(NC(=O)CCCc1ccccc1)C(=O)O. The van der Waals surface area contributed by atoms with Gasteiger partial charge < -0.3 is 25.6 Å². The third-order valence-electron chi connectivity index (χ3n) is 4.97. The minimum absolute atomic E-state index is 0.0190. The number of carbonyl (C=O) groups is 3. The Balaban J connectivity index is 1.98. The summed E-state index contributed by atoms with van der Waals surface area (Å²) in [5.41, 5.74) is -0.885. The lowest BCUT2D eigenvalue weighted by molar-refractivity contribution is -0.171. The molecule has 0 aliphatic rings. The van der Waals surface area contributed by atoms with E-state index in [4.69, 9.17) is 4.74 Å². The number of carbonyl (C=O) groups excluding carboxylic acids is 2. The highest BCUT2D eigenvalue weighted by atomic mass is 16.5. The molecule has 4 N–H and O–H groups in total. The first-order chi connectivity index (χ1) is 15.2. The summed E-state index contributed by atoms with van der Waals surface area (Å²) in [6.07, 6.45) is 0.237. The molecule has 2 rings (SSSR count). The second-order valence-electron chi connectivity index (χ2n) is 7.89. The van der Waals surface area contributed by atoms with Crippen LogP contribution < -0.4 is 10.6 Å². The molecule has 0 fully saturated rings. The topological polar surface area (TPSA) is 125 Å². The standard InChI is InChI=1S/C24H30N2O6/c1-17(2)21(25-23(30)32-16-19-12-7-4-8-13-19)24(31,22(28)29)26-20(27)15-9-14-18-10-5-3-6-11-18/h3-8,10-13,17,21,31H,9,14-16H2,1-2H3,(H,25,30)(H,26,27)(H,28,29)/t21-,24+/m1/s1. The van der Waals surface area contributed by atoms with Crippen LogP contribution >= 0.6 is 0 Å². The summed E-state index contributed by atoms with van der Waals surface area (Å²) in [4.78, 5) is 36.6. The molecule has 0 aliphatic carbocycles. The lowest BCUT2D eigenvalue weighted by atomic mass is 9.92. The Hall–Kier alpha value is -3.39.